The molecule has 3 heterocycles. The highest BCUT2D eigenvalue weighted by molar-refractivity contribution is 8.13. The Hall–Kier alpha value is -2.67. The molecular weight excluding hydrogens is 604 g/mol. The molecule has 3 saturated carbocycles. The number of pyridine rings is 1. The van der Waals surface area contributed by atoms with E-state index in [9.17, 15) is 24.2 Å². The molecule has 5 unspecified atom stereocenters. The minimum absolute atomic E-state index is 0.0505. The molecule has 1 aliphatic heterocycles. The van der Waals surface area contributed by atoms with Gasteiger partial charge in [-0.05, 0) is 81.1 Å². The molecule has 2 aromatic rings. The Labute approximate surface area is 264 Å². The molecule has 45 heavy (non-hydrogen) atoms. The number of aliphatic hydroxyl groups excluding tert-OH is 2. The summed E-state index contributed by atoms with van der Waals surface area (Å²) in [5, 5.41) is 25.6. The number of carbonyl (C=O) groups excluding carboxylic acids is 2. The summed E-state index contributed by atoms with van der Waals surface area (Å²) < 4.78 is 45.1. The van der Waals surface area contributed by atoms with Gasteiger partial charge in [-0.15, -0.1) is 0 Å². The lowest BCUT2D eigenvalue weighted by Gasteiger charge is -2.63. The quantitative estimate of drug-likeness (QED) is 0.349. The van der Waals surface area contributed by atoms with Gasteiger partial charge in [0.1, 0.15) is 5.67 Å². The van der Waals surface area contributed by atoms with Crippen LogP contribution in [0.1, 0.15) is 70.1 Å². The molecule has 242 valence electrons. The van der Waals surface area contributed by atoms with Crippen LogP contribution in [0.4, 0.5) is 8.78 Å². The molecule has 4 aliphatic carbocycles. The molecule has 7 rings (SSSR count). The summed E-state index contributed by atoms with van der Waals surface area (Å²) in [5.41, 5.74) is -2.52. The number of alkyl halides is 1. The van der Waals surface area contributed by atoms with Gasteiger partial charge in [-0.2, -0.15) is 9.49 Å². The van der Waals surface area contributed by atoms with Crippen LogP contribution in [0.2, 0.25) is 0 Å². The third-order valence-electron chi connectivity index (χ3n) is 11.8. The van der Waals surface area contributed by atoms with Crippen molar-refractivity contribution in [3.05, 3.63) is 47.3 Å². The zero-order valence-electron chi connectivity index (χ0n) is 25.5. The fourth-order valence-electron chi connectivity index (χ4n) is 9.54. The highest BCUT2D eigenvalue weighted by Crippen LogP contribution is 2.71. The lowest BCUT2D eigenvalue weighted by atomic mass is 9.44. The van der Waals surface area contributed by atoms with Gasteiger partial charge in [0.05, 0.1) is 36.5 Å². The minimum atomic E-state index is -2.01. The van der Waals surface area contributed by atoms with Crippen LogP contribution in [0.5, 0.6) is 0 Å². The van der Waals surface area contributed by atoms with Crippen molar-refractivity contribution in [3.63, 3.8) is 0 Å². The van der Waals surface area contributed by atoms with E-state index in [4.69, 9.17) is 9.47 Å². The van der Waals surface area contributed by atoms with E-state index in [-0.39, 0.29) is 36.2 Å². The van der Waals surface area contributed by atoms with Crippen LogP contribution in [-0.2, 0) is 25.5 Å². The normalized spacial score (nSPS) is 38.5. The molecule has 0 spiro atoms. The molecule has 8 atom stereocenters. The third kappa shape index (κ3) is 4.34. The summed E-state index contributed by atoms with van der Waals surface area (Å²) in [6.07, 6.45) is 6.15. The molecule has 2 aromatic heterocycles. The van der Waals surface area contributed by atoms with Crippen LogP contribution in [0.15, 0.2) is 30.1 Å². The van der Waals surface area contributed by atoms with Crippen molar-refractivity contribution in [2.45, 2.75) is 88.7 Å². The largest absolute Gasteiger partial charge is 0.448 e. The summed E-state index contributed by atoms with van der Waals surface area (Å²) in [6.45, 7) is 4.00. The van der Waals surface area contributed by atoms with Crippen molar-refractivity contribution in [2.75, 3.05) is 19.0 Å². The van der Waals surface area contributed by atoms with Crippen molar-refractivity contribution in [1.82, 2.24) is 14.8 Å². The van der Waals surface area contributed by atoms with E-state index >= 15 is 4.39 Å². The van der Waals surface area contributed by atoms with Gasteiger partial charge < -0.3 is 19.7 Å². The van der Waals surface area contributed by atoms with Crippen LogP contribution >= 0.6 is 11.8 Å². The van der Waals surface area contributed by atoms with Gasteiger partial charge in [-0.3, -0.25) is 4.79 Å². The topological polar surface area (TPSA) is 124 Å². The Kier molecular flexibility index (Phi) is 7.54. The molecule has 12 heteroatoms. The molecule has 5 aliphatic rings. The average Bonchev–Trinajstić information content (AvgIpc) is 3.75. The van der Waals surface area contributed by atoms with Crippen LogP contribution < -0.4 is 0 Å². The van der Waals surface area contributed by atoms with Crippen molar-refractivity contribution in [1.29, 1.82) is 0 Å². The second kappa shape index (κ2) is 11.0. The first kappa shape index (κ1) is 31.0. The van der Waals surface area contributed by atoms with Crippen LogP contribution in [0.3, 0.4) is 0 Å². The molecule has 1 saturated heterocycles. The van der Waals surface area contributed by atoms with Crippen LogP contribution in [-0.4, -0.2) is 78.5 Å². The molecule has 2 N–H and O–H groups in total. The van der Waals surface area contributed by atoms with Crippen molar-refractivity contribution < 1.29 is 38.1 Å². The van der Waals surface area contributed by atoms with Gasteiger partial charge in [-0.25, -0.2) is 18.9 Å². The number of esters is 1. The van der Waals surface area contributed by atoms with Crippen LogP contribution in [0, 0.1) is 28.6 Å². The predicted octanol–water partition coefficient (Wildman–Crippen LogP) is 4.36. The van der Waals surface area contributed by atoms with Gasteiger partial charge >= 0.3 is 5.97 Å². The first-order chi connectivity index (χ1) is 21.5. The maximum absolute atomic E-state index is 18.2. The van der Waals surface area contributed by atoms with E-state index in [1.54, 1.807) is 16.9 Å². The summed E-state index contributed by atoms with van der Waals surface area (Å²) >= 11 is 0.926. The smallest absolute Gasteiger partial charge is 0.336 e. The van der Waals surface area contributed by atoms with Gasteiger partial charge in [0.25, 0.3) is 0 Å². The van der Waals surface area contributed by atoms with Gasteiger partial charge in [0, 0.05) is 29.1 Å². The zero-order chi connectivity index (χ0) is 31.8. The molecule has 0 amide bonds. The number of aliphatic hydroxyl groups is 2. The lowest BCUT2D eigenvalue weighted by Crippen LogP contribution is -2.70. The number of thioether (sulfide) groups is 1. The van der Waals surface area contributed by atoms with Gasteiger partial charge in [0.2, 0.25) is 11.1 Å². The second-order valence-electron chi connectivity index (χ2n) is 13.8. The molecular formula is C33H39F2N3O6S. The number of carbonyl (C=O) groups is 2. The molecule has 4 fully saturated rings. The Morgan fingerprint density at radius 2 is 2.02 bits per heavy atom. The Morgan fingerprint density at radius 3 is 2.73 bits per heavy atom. The third-order valence-corrected chi connectivity index (χ3v) is 12.8. The highest BCUT2D eigenvalue weighted by Gasteiger charge is 2.76. The number of allylic oxidation sites excluding steroid dienone is 1. The number of nitrogens with zero attached hydrogens (tertiary/aromatic N) is 3. The average molecular weight is 644 g/mol. The van der Waals surface area contributed by atoms with Crippen molar-refractivity contribution in [2.24, 2.45) is 22.7 Å². The number of halogens is 2. The number of rotatable bonds is 6. The molecule has 0 aromatic carbocycles. The predicted molar refractivity (Wildman–Crippen MR) is 161 cm³/mol. The SMILES string of the molecule is CC12CC(O)[C@@]3(F)C(CCC4=Cc5c(cnn5-c5ccc(F)nc5)C[C@@]43C)[C@@H]1CCC2(OC(=O)C1CCCO1)C(=O)SCCO. The standard InChI is InChI=1S/C33H39F2N3O6S/c1-30-15-19-17-37-38(21-6-8-27(34)36-18-21)24(19)14-20(30)5-7-23-22-9-10-32(29(42)45-13-11-39,44-28(41)25-4-3-12-43-25)31(22,2)16-26(40)33(23,30)35/h6,8,14,17-18,22-23,25-26,39-40H,3-5,7,9-13,15-16H2,1-2H3/t22-,23?,25?,26?,30-,31?,32?,33-/m0/s1. The summed E-state index contributed by atoms with van der Waals surface area (Å²) in [4.78, 5) is 31.1. The minimum Gasteiger partial charge on any atom is -0.448 e. The Morgan fingerprint density at radius 1 is 1.20 bits per heavy atom. The maximum atomic E-state index is 18.2. The first-order valence-electron chi connectivity index (χ1n) is 15.9. The van der Waals surface area contributed by atoms with Crippen molar-refractivity contribution in [3.8, 4) is 5.69 Å². The van der Waals surface area contributed by atoms with E-state index in [0.717, 1.165) is 35.0 Å². The number of hydrogen-bond acceptors (Lipinski definition) is 9. The number of ether oxygens (including phenoxy) is 2. The first-order valence-corrected chi connectivity index (χ1v) is 16.9. The van der Waals surface area contributed by atoms with Gasteiger partial charge in [-0.1, -0.05) is 31.2 Å². The zero-order valence-corrected chi connectivity index (χ0v) is 26.3. The fraction of sp³-hybridized carbons (Fsp3) is 0.636. The summed E-state index contributed by atoms with van der Waals surface area (Å²) in [6, 6.07) is 2.87. The highest BCUT2D eigenvalue weighted by atomic mass is 32.2. The Bertz CT molecular complexity index is 1550. The summed E-state index contributed by atoms with van der Waals surface area (Å²) in [5.74, 6) is -1.94. The second-order valence-corrected chi connectivity index (χ2v) is 14.9. The monoisotopic (exact) mass is 643 g/mol. The number of hydrogen-bond donors (Lipinski definition) is 2. The van der Waals surface area contributed by atoms with E-state index in [1.807, 2.05) is 19.9 Å². The number of aromatic nitrogens is 3. The van der Waals surface area contributed by atoms with Crippen molar-refractivity contribution >= 4 is 28.9 Å². The maximum Gasteiger partial charge on any atom is 0.336 e. The van der Waals surface area contributed by atoms with E-state index < -0.39 is 52.1 Å². The number of fused-ring (bicyclic) bond motifs is 6. The molecule has 0 bridgehead atoms. The van der Waals surface area contributed by atoms with Gasteiger partial charge in [0.15, 0.2) is 11.7 Å². The lowest BCUT2D eigenvalue weighted by molar-refractivity contribution is -0.230. The molecule has 9 nitrogen and oxygen atoms in total. The van der Waals surface area contributed by atoms with E-state index in [2.05, 4.69) is 10.1 Å². The van der Waals surface area contributed by atoms with E-state index in [1.165, 1.54) is 12.3 Å². The van der Waals surface area contributed by atoms with E-state index in [0.29, 0.717) is 44.4 Å². The fourth-order valence-corrected chi connectivity index (χ4v) is 10.4. The van der Waals surface area contributed by atoms with Crippen LogP contribution in [0.25, 0.3) is 11.8 Å². The molecule has 0 radical (unpaired) electrons. The summed E-state index contributed by atoms with van der Waals surface area (Å²) in [7, 11) is 0. The Balaban J connectivity index is 1.24.